The van der Waals surface area contributed by atoms with Crippen molar-refractivity contribution >= 4 is 35.2 Å². The average Bonchev–Trinajstić information content (AvgIpc) is 2.44. The maximum atomic E-state index is 12.2. The van der Waals surface area contributed by atoms with Gasteiger partial charge in [0.2, 0.25) is 0 Å². The van der Waals surface area contributed by atoms with Crippen LogP contribution >= 0.6 is 23.2 Å². The maximum absolute atomic E-state index is 12.2. The monoisotopic (exact) mass is 346 g/mol. The average molecular weight is 347 g/mol. The molecule has 2 amide bonds. The summed E-state index contributed by atoms with van der Waals surface area (Å²) in [5.74, 6) is -0.870. The summed E-state index contributed by atoms with van der Waals surface area (Å²) in [7, 11) is 0. The van der Waals surface area contributed by atoms with Crippen LogP contribution in [-0.4, -0.2) is 34.6 Å². The fourth-order valence-corrected chi connectivity index (χ4v) is 2.18. The van der Waals surface area contributed by atoms with E-state index in [-0.39, 0.29) is 18.5 Å². The number of halogens is 2. The van der Waals surface area contributed by atoms with Crippen LogP contribution in [0.1, 0.15) is 32.3 Å². The molecular weight excluding hydrogens is 327 g/mol. The third-order valence-corrected chi connectivity index (χ3v) is 3.80. The highest BCUT2D eigenvalue weighted by molar-refractivity contribution is 6.42. The number of amides is 2. The molecule has 0 saturated carbocycles. The van der Waals surface area contributed by atoms with Crippen LogP contribution in [0.15, 0.2) is 18.2 Å². The second-order valence-electron chi connectivity index (χ2n) is 5.20. The zero-order valence-corrected chi connectivity index (χ0v) is 14.1. The summed E-state index contributed by atoms with van der Waals surface area (Å²) in [5.41, 5.74) is 0.879. The van der Waals surface area contributed by atoms with Gasteiger partial charge in [-0.05, 0) is 38.0 Å². The number of carbonyl (C=O) groups is 2. The Hall–Kier alpha value is -1.46. The summed E-state index contributed by atoms with van der Waals surface area (Å²) in [6.45, 7) is 4.55. The lowest BCUT2D eigenvalue weighted by atomic mass is 10.2. The smallest absolute Gasteiger partial charge is 0.317 e. The summed E-state index contributed by atoms with van der Waals surface area (Å²) in [4.78, 5) is 24.3. The summed E-state index contributed by atoms with van der Waals surface area (Å²) < 4.78 is 0. The van der Waals surface area contributed by atoms with E-state index in [1.54, 1.807) is 17.0 Å². The lowest BCUT2D eigenvalue weighted by Crippen LogP contribution is -2.43. The van der Waals surface area contributed by atoms with Crippen molar-refractivity contribution in [1.82, 2.24) is 10.2 Å². The predicted octanol–water partition coefficient (Wildman–Crippen LogP) is 3.78. The lowest BCUT2D eigenvalue weighted by molar-refractivity contribution is -0.137. The first-order valence-corrected chi connectivity index (χ1v) is 7.77. The van der Waals surface area contributed by atoms with Crippen molar-refractivity contribution in [2.24, 2.45) is 0 Å². The molecule has 0 aliphatic carbocycles. The van der Waals surface area contributed by atoms with Gasteiger partial charge in [-0.2, -0.15) is 0 Å². The molecule has 0 aliphatic rings. The topological polar surface area (TPSA) is 69.6 Å². The molecule has 22 heavy (non-hydrogen) atoms. The number of carbonyl (C=O) groups excluding carboxylic acids is 1. The van der Waals surface area contributed by atoms with Crippen molar-refractivity contribution in [3.05, 3.63) is 33.8 Å². The maximum Gasteiger partial charge on any atom is 0.317 e. The van der Waals surface area contributed by atoms with Crippen LogP contribution in [0.4, 0.5) is 4.79 Å². The number of nitrogens with one attached hydrogen (secondary N) is 1. The van der Waals surface area contributed by atoms with Gasteiger partial charge >= 0.3 is 12.0 Å². The molecule has 0 aliphatic heterocycles. The number of hydrogen-bond donors (Lipinski definition) is 2. The number of hydrogen-bond acceptors (Lipinski definition) is 2. The Bertz CT molecular complexity index is 536. The molecule has 0 aromatic heterocycles. The van der Waals surface area contributed by atoms with Gasteiger partial charge in [-0.3, -0.25) is 4.79 Å². The van der Waals surface area contributed by atoms with Gasteiger partial charge in [0, 0.05) is 25.6 Å². The molecule has 0 unspecified atom stereocenters. The third kappa shape index (κ3) is 6.12. The van der Waals surface area contributed by atoms with Gasteiger partial charge in [-0.25, -0.2) is 4.79 Å². The Morgan fingerprint density at radius 2 is 1.95 bits per heavy atom. The van der Waals surface area contributed by atoms with Crippen LogP contribution in [0.3, 0.4) is 0 Å². The van der Waals surface area contributed by atoms with Gasteiger partial charge in [-0.15, -0.1) is 0 Å². The van der Waals surface area contributed by atoms with E-state index in [1.807, 2.05) is 19.9 Å². The highest BCUT2D eigenvalue weighted by Crippen LogP contribution is 2.23. The van der Waals surface area contributed by atoms with Crippen LogP contribution in [0.5, 0.6) is 0 Å². The second kappa shape index (κ2) is 8.86. The number of urea groups is 1. The van der Waals surface area contributed by atoms with E-state index >= 15 is 0 Å². The first-order chi connectivity index (χ1) is 10.3. The Balaban J connectivity index is 2.62. The van der Waals surface area contributed by atoms with E-state index in [0.717, 1.165) is 5.56 Å². The van der Waals surface area contributed by atoms with Gasteiger partial charge in [0.05, 0.1) is 10.0 Å². The molecule has 1 aromatic carbocycles. The molecule has 7 heteroatoms. The molecule has 0 radical (unpaired) electrons. The highest BCUT2D eigenvalue weighted by Gasteiger charge is 2.17. The third-order valence-electron chi connectivity index (χ3n) is 3.06. The van der Waals surface area contributed by atoms with Gasteiger partial charge < -0.3 is 15.3 Å². The summed E-state index contributed by atoms with van der Waals surface area (Å²) >= 11 is 11.9. The number of benzene rings is 1. The van der Waals surface area contributed by atoms with E-state index in [9.17, 15) is 9.59 Å². The minimum atomic E-state index is -0.870. The molecule has 122 valence electrons. The Morgan fingerprint density at radius 1 is 1.27 bits per heavy atom. The van der Waals surface area contributed by atoms with Crippen LogP contribution in [0.25, 0.3) is 0 Å². The fourth-order valence-electron chi connectivity index (χ4n) is 1.86. The minimum absolute atomic E-state index is 0.00562. The van der Waals surface area contributed by atoms with Crippen molar-refractivity contribution in [3.63, 3.8) is 0 Å². The van der Waals surface area contributed by atoms with Gasteiger partial charge in [0.15, 0.2) is 0 Å². The van der Waals surface area contributed by atoms with E-state index < -0.39 is 5.97 Å². The highest BCUT2D eigenvalue weighted by atomic mass is 35.5. The van der Waals surface area contributed by atoms with Crippen LogP contribution in [0, 0.1) is 0 Å². The number of carboxylic acids is 1. The number of carboxylic acid groups (broad SMARTS) is 1. The van der Waals surface area contributed by atoms with Gasteiger partial charge in [0.25, 0.3) is 0 Å². The predicted molar refractivity (Wildman–Crippen MR) is 87.4 cm³/mol. The Morgan fingerprint density at radius 3 is 2.50 bits per heavy atom. The number of rotatable bonds is 7. The van der Waals surface area contributed by atoms with Crippen LogP contribution in [0.2, 0.25) is 10.0 Å². The molecule has 0 spiro atoms. The van der Waals surface area contributed by atoms with E-state index in [0.29, 0.717) is 29.6 Å². The lowest BCUT2D eigenvalue weighted by Gasteiger charge is -2.27. The zero-order valence-electron chi connectivity index (χ0n) is 12.6. The SMILES string of the molecule is CC(C)N(Cc1ccc(Cl)c(Cl)c1)C(=O)NCCCC(=O)O. The quantitative estimate of drug-likeness (QED) is 0.738. The molecule has 0 atom stereocenters. The van der Waals surface area contributed by atoms with Gasteiger partial charge in [0.1, 0.15) is 0 Å². The Kier molecular flexibility index (Phi) is 7.48. The molecular formula is C15H20Cl2N2O3. The fraction of sp³-hybridized carbons (Fsp3) is 0.467. The summed E-state index contributed by atoms with van der Waals surface area (Å²) in [5, 5.41) is 12.2. The molecule has 1 aromatic rings. The van der Waals surface area contributed by atoms with E-state index in [4.69, 9.17) is 28.3 Å². The normalized spacial score (nSPS) is 10.6. The summed E-state index contributed by atoms with van der Waals surface area (Å²) in [6.07, 6.45) is 0.439. The summed E-state index contributed by atoms with van der Waals surface area (Å²) in [6, 6.07) is 5.02. The second-order valence-corrected chi connectivity index (χ2v) is 6.01. The van der Waals surface area contributed by atoms with Crippen molar-refractivity contribution in [2.45, 2.75) is 39.3 Å². The molecule has 5 nitrogen and oxygen atoms in total. The molecule has 0 heterocycles. The standard InChI is InChI=1S/C15H20Cl2N2O3/c1-10(2)19(15(22)18-7-3-4-14(20)21)9-11-5-6-12(16)13(17)8-11/h5-6,8,10H,3-4,7,9H2,1-2H3,(H,18,22)(H,20,21). The zero-order chi connectivity index (χ0) is 16.7. The molecule has 2 N–H and O–H groups in total. The largest absolute Gasteiger partial charge is 0.481 e. The molecule has 0 saturated heterocycles. The van der Waals surface area contributed by atoms with Crippen molar-refractivity contribution in [2.75, 3.05) is 6.54 Å². The van der Waals surface area contributed by atoms with Gasteiger partial charge in [-0.1, -0.05) is 29.3 Å². The first kappa shape index (κ1) is 18.6. The molecule has 1 rings (SSSR count). The van der Waals surface area contributed by atoms with Crippen molar-refractivity contribution in [1.29, 1.82) is 0 Å². The Labute approximate surface area is 140 Å². The van der Waals surface area contributed by atoms with Crippen molar-refractivity contribution in [3.8, 4) is 0 Å². The number of aliphatic carboxylic acids is 1. The number of nitrogens with zero attached hydrogens (tertiary/aromatic N) is 1. The molecule has 0 bridgehead atoms. The van der Waals surface area contributed by atoms with Crippen molar-refractivity contribution < 1.29 is 14.7 Å². The minimum Gasteiger partial charge on any atom is -0.481 e. The first-order valence-electron chi connectivity index (χ1n) is 7.01. The van der Waals surface area contributed by atoms with E-state index in [2.05, 4.69) is 5.32 Å². The van der Waals surface area contributed by atoms with Crippen LogP contribution in [-0.2, 0) is 11.3 Å². The van der Waals surface area contributed by atoms with Crippen LogP contribution < -0.4 is 5.32 Å². The molecule has 0 fully saturated rings. The van der Waals surface area contributed by atoms with E-state index in [1.165, 1.54) is 0 Å².